The normalized spacial score (nSPS) is 25.4. The van der Waals surface area contributed by atoms with Crippen LogP contribution in [0.4, 0.5) is 5.69 Å². The lowest BCUT2D eigenvalue weighted by Crippen LogP contribution is -2.29. The van der Waals surface area contributed by atoms with Crippen molar-refractivity contribution >= 4 is 32.4 Å². The molecule has 1 aromatic rings. The molecule has 1 heterocycles. The number of rotatable bonds is 2. The van der Waals surface area contributed by atoms with Crippen LogP contribution in [0, 0.1) is 6.92 Å². The Bertz CT molecular complexity index is 398. The maximum Gasteiger partial charge on any atom is 0.0489 e. The molecule has 0 radical (unpaired) electrons. The van der Waals surface area contributed by atoms with E-state index in [1.165, 1.54) is 5.56 Å². The van der Waals surface area contributed by atoms with Gasteiger partial charge in [0, 0.05) is 38.5 Å². The van der Waals surface area contributed by atoms with Gasteiger partial charge in [-0.15, -0.1) is 0 Å². The highest BCUT2D eigenvalue weighted by atomic mass is 79.9. The molecule has 16 heavy (non-hydrogen) atoms. The van der Waals surface area contributed by atoms with E-state index in [1.54, 1.807) is 0 Å². The van der Waals surface area contributed by atoms with Gasteiger partial charge in [-0.3, -0.25) is 4.21 Å². The van der Waals surface area contributed by atoms with E-state index < -0.39 is 10.8 Å². The lowest BCUT2D eigenvalue weighted by atomic mass is 10.1. The van der Waals surface area contributed by atoms with Crippen molar-refractivity contribution in [1.82, 2.24) is 0 Å². The SMILES string of the molecule is Cc1cccc(NC2CCS(=O)CC2)c1Br. The molecule has 88 valence electrons. The molecule has 0 spiro atoms. The molecule has 0 amide bonds. The van der Waals surface area contributed by atoms with Crippen LogP contribution >= 0.6 is 15.9 Å². The van der Waals surface area contributed by atoms with Gasteiger partial charge in [0.05, 0.1) is 0 Å². The zero-order chi connectivity index (χ0) is 11.5. The standard InChI is InChI=1S/C12H16BrNOS/c1-9-3-2-4-11(12(9)13)14-10-5-7-16(15)8-6-10/h2-4,10,14H,5-8H2,1H3. The van der Waals surface area contributed by atoms with Crippen molar-refractivity contribution in [1.29, 1.82) is 0 Å². The zero-order valence-electron chi connectivity index (χ0n) is 9.33. The summed E-state index contributed by atoms with van der Waals surface area (Å²) < 4.78 is 12.4. The number of benzene rings is 1. The van der Waals surface area contributed by atoms with E-state index in [4.69, 9.17) is 0 Å². The molecule has 4 heteroatoms. The Labute approximate surface area is 107 Å². The van der Waals surface area contributed by atoms with E-state index in [0.717, 1.165) is 34.5 Å². The average molecular weight is 302 g/mol. The summed E-state index contributed by atoms with van der Waals surface area (Å²) in [7, 11) is -0.580. The minimum atomic E-state index is -0.580. The maximum atomic E-state index is 11.3. The fourth-order valence-electron chi connectivity index (χ4n) is 1.92. The van der Waals surface area contributed by atoms with Gasteiger partial charge in [0.1, 0.15) is 0 Å². The lowest BCUT2D eigenvalue weighted by molar-refractivity contribution is 0.624. The topological polar surface area (TPSA) is 29.1 Å². The van der Waals surface area contributed by atoms with Crippen molar-refractivity contribution in [2.24, 2.45) is 0 Å². The van der Waals surface area contributed by atoms with Gasteiger partial charge < -0.3 is 5.32 Å². The van der Waals surface area contributed by atoms with Crippen molar-refractivity contribution in [3.8, 4) is 0 Å². The monoisotopic (exact) mass is 301 g/mol. The number of hydrogen-bond donors (Lipinski definition) is 1. The third-order valence-electron chi connectivity index (χ3n) is 2.94. The van der Waals surface area contributed by atoms with Crippen LogP contribution in [0.2, 0.25) is 0 Å². The van der Waals surface area contributed by atoms with Crippen molar-refractivity contribution in [2.75, 3.05) is 16.8 Å². The first kappa shape index (κ1) is 12.1. The van der Waals surface area contributed by atoms with Crippen molar-refractivity contribution in [2.45, 2.75) is 25.8 Å². The van der Waals surface area contributed by atoms with Crippen LogP contribution in [0.3, 0.4) is 0 Å². The van der Waals surface area contributed by atoms with Crippen LogP contribution in [-0.4, -0.2) is 21.8 Å². The predicted molar refractivity (Wildman–Crippen MR) is 73.4 cm³/mol. The molecule has 1 aromatic carbocycles. The molecule has 0 aromatic heterocycles. The predicted octanol–water partition coefficient (Wildman–Crippen LogP) is 3.08. The molecule has 1 aliphatic heterocycles. The Morgan fingerprint density at radius 3 is 2.75 bits per heavy atom. The summed E-state index contributed by atoms with van der Waals surface area (Å²) in [5, 5.41) is 3.53. The van der Waals surface area contributed by atoms with Crippen molar-refractivity contribution in [3.63, 3.8) is 0 Å². The average Bonchev–Trinajstić information content (AvgIpc) is 2.28. The van der Waals surface area contributed by atoms with Crippen molar-refractivity contribution in [3.05, 3.63) is 28.2 Å². The molecule has 0 saturated carbocycles. The Morgan fingerprint density at radius 1 is 1.38 bits per heavy atom. The molecule has 1 saturated heterocycles. The zero-order valence-corrected chi connectivity index (χ0v) is 11.7. The molecule has 0 atom stereocenters. The van der Waals surface area contributed by atoms with E-state index in [9.17, 15) is 4.21 Å². The molecule has 1 fully saturated rings. The summed E-state index contributed by atoms with van der Waals surface area (Å²) in [4.78, 5) is 0. The molecule has 2 rings (SSSR count). The van der Waals surface area contributed by atoms with Gasteiger partial charge in [0.2, 0.25) is 0 Å². The van der Waals surface area contributed by atoms with Crippen LogP contribution in [0.1, 0.15) is 18.4 Å². The van der Waals surface area contributed by atoms with Crippen LogP contribution in [0.15, 0.2) is 22.7 Å². The first-order chi connectivity index (χ1) is 7.66. The van der Waals surface area contributed by atoms with Crippen molar-refractivity contribution < 1.29 is 4.21 Å². The van der Waals surface area contributed by atoms with E-state index in [-0.39, 0.29) is 0 Å². The second kappa shape index (κ2) is 5.32. The molecule has 1 aliphatic rings. The highest BCUT2D eigenvalue weighted by Gasteiger charge is 2.18. The molecule has 1 N–H and O–H groups in total. The summed E-state index contributed by atoms with van der Waals surface area (Å²) in [6.45, 7) is 2.09. The number of hydrogen-bond acceptors (Lipinski definition) is 2. The molecule has 2 nitrogen and oxygen atoms in total. The summed E-state index contributed by atoms with van der Waals surface area (Å²) in [5.74, 6) is 1.67. The highest BCUT2D eigenvalue weighted by molar-refractivity contribution is 9.10. The van der Waals surface area contributed by atoms with E-state index >= 15 is 0 Å². The maximum absolute atomic E-state index is 11.3. The quantitative estimate of drug-likeness (QED) is 0.909. The van der Waals surface area contributed by atoms with Gasteiger partial charge in [-0.05, 0) is 47.3 Å². The van der Waals surface area contributed by atoms with Gasteiger partial charge in [-0.1, -0.05) is 12.1 Å². The second-order valence-corrected chi connectivity index (χ2v) is 6.69. The first-order valence-electron chi connectivity index (χ1n) is 5.53. The molecular formula is C12H16BrNOS. The number of nitrogens with one attached hydrogen (secondary N) is 1. The molecule has 0 unspecified atom stereocenters. The van der Waals surface area contributed by atoms with Gasteiger partial charge >= 0.3 is 0 Å². The largest absolute Gasteiger partial charge is 0.381 e. The van der Waals surface area contributed by atoms with Gasteiger partial charge in [-0.2, -0.15) is 0 Å². The summed E-state index contributed by atoms with van der Waals surface area (Å²) in [6.07, 6.45) is 2.01. The summed E-state index contributed by atoms with van der Waals surface area (Å²) in [6, 6.07) is 6.70. The lowest BCUT2D eigenvalue weighted by Gasteiger charge is -2.24. The number of aryl methyl sites for hydroxylation is 1. The van der Waals surface area contributed by atoms with Gasteiger partial charge in [0.15, 0.2) is 0 Å². The highest BCUT2D eigenvalue weighted by Crippen LogP contribution is 2.27. The molecule has 0 bridgehead atoms. The van der Waals surface area contributed by atoms with Gasteiger partial charge in [0.25, 0.3) is 0 Å². The Morgan fingerprint density at radius 2 is 2.06 bits per heavy atom. The van der Waals surface area contributed by atoms with E-state index in [0.29, 0.717) is 6.04 Å². The first-order valence-corrected chi connectivity index (χ1v) is 7.81. The third kappa shape index (κ3) is 2.86. The summed E-state index contributed by atoms with van der Waals surface area (Å²) in [5.41, 5.74) is 2.39. The minimum Gasteiger partial charge on any atom is -0.381 e. The van der Waals surface area contributed by atoms with Crippen LogP contribution < -0.4 is 5.32 Å². The van der Waals surface area contributed by atoms with E-state index in [1.807, 2.05) is 0 Å². The molecular weight excluding hydrogens is 286 g/mol. The van der Waals surface area contributed by atoms with Crippen LogP contribution in [-0.2, 0) is 10.8 Å². The summed E-state index contributed by atoms with van der Waals surface area (Å²) >= 11 is 3.60. The van der Waals surface area contributed by atoms with Crippen LogP contribution in [0.25, 0.3) is 0 Å². The smallest absolute Gasteiger partial charge is 0.0489 e. The fourth-order valence-corrected chi connectivity index (χ4v) is 3.59. The Balaban J connectivity index is 2.04. The molecule has 0 aliphatic carbocycles. The number of halogens is 1. The van der Waals surface area contributed by atoms with Gasteiger partial charge in [-0.25, -0.2) is 0 Å². The van der Waals surface area contributed by atoms with E-state index in [2.05, 4.69) is 46.4 Å². The Kier molecular flexibility index (Phi) is 4.03. The third-order valence-corrected chi connectivity index (χ3v) is 5.37. The van der Waals surface area contributed by atoms with Crippen LogP contribution in [0.5, 0.6) is 0 Å². The Hall–Kier alpha value is -0.350. The second-order valence-electron chi connectivity index (χ2n) is 4.20. The minimum absolute atomic E-state index is 0.468. The fraction of sp³-hybridized carbons (Fsp3) is 0.500. The number of anilines is 1.